The van der Waals surface area contributed by atoms with Crippen LogP contribution in [-0.4, -0.2) is 46.1 Å². The molecule has 1 saturated heterocycles. The third kappa shape index (κ3) is 3.04. The monoisotopic (exact) mass is 385 g/mol. The average molecular weight is 385 g/mol. The zero-order valence-electron chi connectivity index (χ0n) is 15.6. The van der Waals surface area contributed by atoms with Gasteiger partial charge in [-0.2, -0.15) is 0 Å². The largest absolute Gasteiger partial charge is 0.335 e. The van der Waals surface area contributed by atoms with E-state index < -0.39 is 5.41 Å². The molecule has 0 bridgehead atoms. The number of carbonyl (C=O) groups excluding carboxylic acids is 3. The Morgan fingerprint density at radius 3 is 2.70 bits per heavy atom. The second kappa shape index (κ2) is 6.71. The predicted molar refractivity (Wildman–Crippen MR) is 103 cm³/mol. The Hall–Kier alpha value is -2.28. The van der Waals surface area contributed by atoms with Gasteiger partial charge in [0.2, 0.25) is 17.7 Å². The van der Waals surface area contributed by atoms with Crippen LogP contribution in [-0.2, 0) is 14.4 Å². The maximum atomic E-state index is 12.8. The number of fused-ring (bicyclic) bond motifs is 1. The Labute approximate surface area is 162 Å². The second-order valence-corrected chi connectivity index (χ2v) is 8.71. The highest BCUT2D eigenvalue weighted by Crippen LogP contribution is 2.46. The summed E-state index contributed by atoms with van der Waals surface area (Å²) in [7, 11) is 1.70. The van der Waals surface area contributed by atoms with Crippen LogP contribution < -0.4 is 0 Å². The molecule has 0 radical (unpaired) electrons. The molecule has 1 aliphatic heterocycles. The summed E-state index contributed by atoms with van der Waals surface area (Å²) >= 11 is 1.56. The van der Waals surface area contributed by atoms with Crippen LogP contribution >= 0.6 is 11.3 Å². The summed E-state index contributed by atoms with van der Waals surface area (Å²) in [6, 6.07) is 7.64. The third-order valence-electron chi connectivity index (χ3n) is 5.99. The fourth-order valence-corrected chi connectivity index (χ4v) is 5.22. The highest BCUT2D eigenvalue weighted by atomic mass is 32.1. The van der Waals surface area contributed by atoms with Crippen molar-refractivity contribution in [1.29, 1.82) is 0 Å². The van der Waals surface area contributed by atoms with Gasteiger partial charge in [-0.15, -0.1) is 11.3 Å². The number of hydrogen-bond donors (Lipinski definition) is 0. The summed E-state index contributed by atoms with van der Waals surface area (Å²) < 4.78 is 1.08. The summed E-state index contributed by atoms with van der Waals surface area (Å²) in [5.41, 5.74) is 0.382. The number of likely N-dealkylation sites (N-methyl/N-ethyl adjacent to an activating group) is 1. The number of imide groups is 1. The fourth-order valence-electron chi connectivity index (χ4n) is 4.16. The Bertz CT molecular complexity index is 883. The van der Waals surface area contributed by atoms with Gasteiger partial charge >= 0.3 is 0 Å². The number of hydrogen-bond acceptors (Lipinski definition) is 5. The number of carbonyl (C=O) groups is 3. The van der Waals surface area contributed by atoms with Crippen molar-refractivity contribution in [1.82, 2.24) is 14.8 Å². The van der Waals surface area contributed by atoms with Crippen molar-refractivity contribution in [2.75, 3.05) is 13.6 Å². The van der Waals surface area contributed by atoms with Gasteiger partial charge in [0.15, 0.2) is 0 Å². The summed E-state index contributed by atoms with van der Waals surface area (Å²) in [6.45, 7) is 1.74. The zero-order valence-corrected chi connectivity index (χ0v) is 16.4. The van der Waals surface area contributed by atoms with Gasteiger partial charge in [0.05, 0.1) is 21.7 Å². The molecule has 2 heterocycles. The molecular weight excluding hydrogens is 362 g/mol. The summed E-state index contributed by atoms with van der Waals surface area (Å²) in [5, 5.41) is 0.846. The minimum atomic E-state index is -0.533. The smallest absolute Gasteiger partial charge is 0.243 e. The zero-order chi connectivity index (χ0) is 19.2. The van der Waals surface area contributed by atoms with Crippen LogP contribution in [0.3, 0.4) is 0 Å². The van der Waals surface area contributed by atoms with Gasteiger partial charge in [0.1, 0.15) is 11.6 Å². The highest BCUT2D eigenvalue weighted by Gasteiger charge is 2.53. The topological polar surface area (TPSA) is 70.6 Å². The molecule has 0 N–H and O–H groups in total. The summed E-state index contributed by atoms with van der Waals surface area (Å²) in [5.74, 6) is -0.603. The van der Waals surface area contributed by atoms with Crippen LogP contribution in [0.25, 0.3) is 10.2 Å². The normalized spacial score (nSPS) is 20.0. The van der Waals surface area contributed by atoms with Crippen LogP contribution in [0.5, 0.6) is 0 Å². The van der Waals surface area contributed by atoms with Gasteiger partial charge in [-0.25, -0.2) is 4.98 Å². The van der Waals surface area contributed by atoms with Gasteiger partial charge in [0, 0.05) is 13.5 Å². The standard InChI is InChI=1S/C20H23N3O3S/c1-13(18-21-14-7-3-4-8-15(14)27-18)22(2)17(25)12-23-16(24)11-20(19(23)26)9-5-6-10-20/h3-4,7-8,13H,5-6,9-12H2,1-2H3/t13-/m1/s1. The molecule has 0 unspecified atom stereocenters. The van der Waals surface area contributed by atoms with E-state index in [1.165, 1.54) is 4.90 Å². The van der Waals surface area contributed by atoms with Gasteiger partial charge in [-0.1, -0.05) is 25.0 Å². The maximum absolute atomic E-state index is 12.8. The molecular formula is C20H23N3O3S. The van der Waals surface area contributed by atoms with E-state index in [0.29, 0.717) is 0 Å². The van der Waals surface area contributed by atoms with Crippen molar-refractivity contribution in [3.8, 4) is 0 Å². The first-order valence-electron chi connectivity index (χ1n) is 9.37. The minimum absolute atomic E-state index is 0.153. The van der Waals surface area contributed by atoms with Crippen LogP contribution in [0.4, 0.5) is 0 Å². The Balaban J connectivity index is 1.47. The molecule has 6 nitrogen and oxygen atoms in total. The maximum Gasteiger partial charge on any atom is 0.243 e. The summed E-state index contributed by atoms with van der Waals surface area (Å²) in [4.78, 5) is 45.3. The number of likely N-dealkylation sites (tertiary alicyclic amines) is 1. The molecule has 1 saturated carbocycles. The number of nitrogens with zero attached hydrogens (tertiary/aromatic N) is 3. The van der Waals surface area contributed by atoms with Crippen molar-refractivity contribution in [3.05, 3.63) is 29.3 Å². The summed E-state index contributed by atoms with van der Waals surface area (Å²) in [6.07, 6.45) is 3.75. The molecule has 7 heteroatoms. The van der Waals surface area contributed by atoms with E-state index in [0.717, 1.165) is 40.9 Å². The van der Waals surface area contributed by atoms with E-state index in [9.17, 15) is 14.4 Å². The lowest BCUT2D eigenvalue weighted by Crippen LogP contribution is -2.43. The molecule has 1 spiro atoms. The molecule has 1 aromatic carbocycles. The van der Waals surface area contributed by atoms with Gasteiger partial charge in [-0.3, -0.25) is 19.3 Å². The quantitative estimate of drug-likeness (QED) is 0.758. The predicted octanol–water partition coefficient (Wildman–Crippen LogP) is 3.14. The SMILES string of the molecule is C[C@H](c1nc2ccccc2s1)N(C)C(=O)CN1C(=O)CC2(CCCC2)C1=O. The van der Waals surface area contributed by atoms with Crippen molar-refractivity contribution in [2.24, 2.45) is 5.41 Å². The molecule has 2 fully saturated rings. The van der Waals surface area contributed by atoms with E-state index in [2.05, 4.69) is 4.98 Å². The minimum Gasteiger partial charge on any atom is -0.335 e. The van der Waals surface area contributed by atoms with Crippen LogP contribution in [0.1, 0.15) is 50.1 Å². The van der Waals surface area contributed by atoms with Crippen molar-refractivity contribution < 1.29 is 14.4 Å². The molecule has 142 valence electrons. The van der Waals surface area contributed by atoms with Crippen LogP contribution in [0, 0.1) is 5.41 Å². The Morgan fingerprint density at radius 1 is 1.30 bits per heavy atom. The van der Waals surface area contributed by atoms with Crippen molar-refractivity contribution in [3.63, 3.8) is 0 Å². The van der Waals surface area contributed by atoms with Crippen molar-refractivity contribution in [2.45, 2.75) is 45.1 Å². The third-order valence-corrected chi connectivity index (χ3v) is 7.19. The number of para-hydroxylation sites is 1. The first kappa shape index (κ1) is 18.1. The molecule has 4 rings (SSSR count). The average Bonchev–Trinajstić information content (AvgIpc) is 3.35. The molecule has 1 aliphatic carbocycles. The van der Waals surface area contributed by atoms with E-state index in [4.69, 9.17) is 0 Å². The molecule has 1 aromatic heterocycles. The molecule has 2 aromatic rings. The lowest BCUT2D eigenvalue weighted by molar-refractivity contribution is -0.147. The van der Waals surface area contributed by atoms with Crippen LogP contribution in [0.15, 0.2) is 24.3 Å². The van der Waals surface area contributed by atoms with E-state index >= 15 is 0 Å². The highest BCUT2D eigenvalue weighted by molar-refractivity contribution is 7.18. The number of benzene rings is 1. The fraction of sp³-hybridized carbons (Fsp3) is 0.500. The molecule has 2 aliphatic rings. The molecule has 1 atom stereocenters. The van der Waals surface area contributed by atoms with Gasteiger partial charge in [0.25, 0.3) is 0 Å². The lowest BCUT2D eigenvalue weighted by atomic mass is 9.84. The first-order valence-corrected chi connectivity index (χ1v) is 10.2. The van der Waals surface area contributed by atoms with Crippen molar-refractivity contribution >= 4 is 39.3 Å². The number of amides is 3. The lowest BCUT2D eigenvalue weighted by Gasteiger charge is -2.26. The van der Waals surface area contributed by atoms with E-state index in [1.54, 1.807) is 23.3 Å². The molecule has 27 heavy (non-hydrogen) atoms. The van der Waals surface area contributed by atoms with Gasteiger partial charge < -0.3 is 4.90 Å². The number of aromatic nitrogens is 1. The van der Waals surface area contributed by atoms with Crippen LogP contribution in [0.2, 0.25) is 0 Å². The second-order valence-electron chi connectivity index (χ2n) is 7.65. The Morgan fingerprint density at radius 2 is 2.00 bits per heavy atom. The number of thiazole rings is 1. The van der Waals surface area contributed by atoms with Gasteiger partial charge in [-0.05, 0) is 31.9 Å². The molecule has 3 amide bonds. The number of rotatable bonds is 4. The van der Waals surface area contributed by atoms with E-state index in [-0.39, 0.29) is 36.7 Å². The Kier molecular flexibility index (Phi) is 4.50. The first-order chi connectivity index (χ1) is 12.9. The van der Waals surface area contributed by atoms with E-state index in [1.807, 2.05) is 31.2 Å².